The summed E-state index contributed by atoms with van der Waals surface area (Å²) in [6.07, 6.45) is 8.09. The van der Waals surface area contributed by atoms with Gasteiger partial charge in [0.1, 0.15) is 12.5 Å². The molecule has 0 N–H and O–H groups in total. The second kappa shape index (κ2) is 2.63. The van der Waals surface area contributed by atoms with Gasteiger partial charge in [0.05, 0.1) is 0 Å². The first-order chi connectivity index (χ1) is 5.90. The highest BCUT2D eigenvalue weighted by atomic mass is 16.5. The fraction of sp³-hybridized carbons (Fsp3) is 0. The number of rotatable bonds is 0. The van der Waals surface area contributed by atoms with E-state index in [9.17, 15) is 0 Å². The van der Waals surface area contributed by atoms with E-state index in [-0.39, 0.29) is 0 Å². The van der Waals surface area contributed by atoms with Crippen LogP contribution in [0.5, 0.6) is 11.5 Å². The third kappa shape index (κ3) is 1.02. The molecule has 1 heterocycles. The smallest absolute Gasteiger partial charge is 0.178 e. The van der Waals surface area contributed by atoms with Gasteiger partial charge in [0.2, 0.25) is 0 Å². The van der Waals surface area contributed by atoms with E-state index in [4.69, 9.17) is 15.9 Å². The molecule has 0 fully saturated rings. The molecule has 0 atom stereocenters. The number of benzene rings is 1. The molecule has 0 saturated heterocycles. The summed E-state index contributed by atoms with van der Waals surface area (Å²) in [5.41, 5.74) is 0.660. The van der Waals surface area contributed by atoms with Crippen LogP contribution < -0.4 is 9.47 Å². The Morgan fingerprint density at radius 3 is 2.92 bits per heavy atom. The minimum Gasteiger partial charge on any atom is -0.458 e. The minimum absolute atomic E-state index is 0.535. The molecule has 0 saturated carbocycles. The zero-order valence-electron chi connectivity index (χ0n) is 6.20. The zero-order chi connectivity index (χ0) is 8.39. The molecule has 1 radical (unpaired) electrons. The maximum absolute atomic E-state index is 5.19. The van der Waals surface area contributed by atoms with E-state index in [2.05, 4.69) is 12.0 Å². The zero-order valence-corrected chi connectivity index (χ0v) is 6.20. The maximum atomic E-state index is 5.19. The van der Waals surface area contributed by atoms with Gasteiger partial charge in [-0.3, -0.25) is 0 Å². The summed E-state index contributed by atoms with van der Waals surface area (Å²) in [6.45, 7) is 0. The molecule has 1 aromatic carbocycles. The largest absolute Gasteiger partial charge is 0.458 e. The molecular formula is C10H5O2. The molecule has 0 unspecified atom stereocenters. The van der Waals surface area contributed by atoms with Crippen LogP contribution in [0.3, 0.4) is 0 Å². The van der Waals surface area contributed by atoms with Gasteiger partial charge in [0, 0.05) is 11.6 Å². The highest BCUT2D eigenvalue weighted by Crippen LogP contribution is 2.29. The maximum Gasteiger partial charge on any atom is 0.178 e. The lowest BCUT2D eigenvalue weighted by atomic mass is 10.2. The van der Waals surface area contributed by atoms with Crippen molar-refractivity contribution >= 4 is 0 Å². The average Bonchev–Trinajstić information content (AvgIpc) is 2.17. The van der Waals surface area contributed by atoms with E-state index in [1.165, 1.54) is 12.5 Å². The molecule has 0 bridgehead atoms. The van der Waals surface area contributed by atoms with Gasteiger partial charge in [0.15, 0.2) is 11.5 Å². The third-order valence-corrected chi connectivity index (χ3v) is 1.47. The van der Waals surface area contributed by atoms with E-state index in [1.807, 2.05) is 0 Å². The fourth-order valence-electron chi connectivity index (χ4n) is 0.922. The van der Waals surface area contributed by atoms with Crippen molar-refractivity contribution in [2.45, 2.75) is 0 Å². The normalized spacial score (nSPS) is 12.2. The van der Waals surface area contributed by atoms with E-state index in [0.29, 0.717) is 17.1 Å². The Balaban J connectivity index is 2.48. The van der Waals surface area contributed by atoms with Crippen molar-refractivity contribution in [3.05, 3.63) is 36.3 Å². The number of ether oxygens (including phenoxy) is 2. The second-order valence-corrected chi connectivity index (χ2v) is 2.22. The summed E-state index contributed by atoms with van der Waals surface area (Å²) in [4.78, 5) is 0. The molecule has 57 valence electrons. The van der Waals surface area contributed by atoms with Crippen LogP contribution in [0.25, 0.3) is 0 Å². The molecule has 1 aromatic rings. The summed E-state index contributed by atoms with van der Waals surface area (Å²) < 4.78 is 10.2. The molecule has 12 heavy (non-hydrogen) atoms. The van der Waals surface area contributed by atoms with Gasteiger partial charge >= 0.3 is 0 Å². The second-order valence-electron chi connectivity index (χ2n) is 2.22. The molecule has 2 rings (SSSR count). The Labute approximate surface area is 70.4 Å². The van der Waals surface area contributed by atoms with Crippen LogP contribution in [0.4, 0.5) is 0 Å². The Morgan fingerprint density at radius 1 is 1.25 bits per heavy atom. The van der Waals surface area contributed by atoms with Gasteiger partial charge in [-0.2, -0.15) is 0 Å². The highest BCUT2D eigenvalue weighted by molar-refractivity contribution is 5.47. The lowest BCUT2D eigenvalue weighted by molar-refractivity contribution is 0.361. The van der Waals surface area contributed by atoms with Crippen LogP contribution in [-0.4, -0.2) is 0 Å². The Hall–Kier alpha value is -1.88. The SMILES string of the molecule is C#Cc1[c]c2c(cc1)OC=CO2. The van der Waals surface area contributed by atoms with Crippen molar-refractivity contribution in [2.24, 2.45) is 0 Å². The van der Waals surface area contributed by atoms with Crippen molar-refractivity contribution in [1.29, 1.82) is 0 Å². The molecule has 0 aromatic heterocycles. The van der Waals surface area contributed by atoms with Crippen LogP contribution in [0.15, 0.2) is 24.7 Å². The van der Waals surface area contributed by atoms with E-state index in [0.717, 1.165) is 0 Å². The summed E-state index contributed by atoms with van der Waals surface area (Å²) in [6, 6.07) is 6.39. The van der Waals surface area contributed by atoms with E-state index in [1.54, 1.807) is 12.1 Å². The molecular weight excluding hydrogens is 152 g/mol. The van der Waals surface area contributed by atoms with Crippen LogP contribution in [0.2, 0.25) is 0 Å². The predicted octanol–water partition coefficient (Wildman–Crippen LogP) is 1.71. The van der Waals surface area contributed by atoms with Crippen LogP contribution in [0.1, 0.15) is 5.56 Å². The van der Waals surface area contributed by atoms with Crippen molar-refractivity contribution < 1.29 is 9.47 Å². The monoisotopic (exact) mass is 157 g/mol. The van der Waals surface area contributed by atoms with Gasteiger partial charge in [-0.05, 0) is 12.1 Å². The van der Waals surface area contributed by atoms with Crippen LogP contribution in [-0.2, 0) is 0 Å². The summed E-state index contributed by atoms with van der Waals surface area (Å²) in [7, 11) is 0. The van der Waals surface area contributed by atoms with Gasteiger partial charge in [-0.1, -0.05) is 5.92 Å². The number of terminal acetylenes is 1. The molecule has 2 nitrogen and oxygen atoms in total. The van der Waals surface area contributed by atoms with Crippen LogP contribution in [0, 0.1) is 18.4 Å². The predicted molar refractivity (Wildman–Crippen MR) is 43.6 cm³/mol. The molecule has 2 heteroatoms. The van der Waals surface area contributed by atoms with Crippen molar-refractivity contribution in [1.82, 2.24) is 0 Å². The van der Waals surface area contributed by atoms with E-state index < -0.39 is 0 Å². The lowest BCUT2D eigenvalue weighted by Gasteiger charge is -2.11. The van der Waals surface area contributed by atoms with Gasteiger partial charge in [-0.25, -0.2) is 0 Å². The van der Waals surface area contributed by atoms with Gasteiger partial charge in [-0.15, -0.1) is 6.42 Å². The number of hydrogen-bond acceptors (Lipinski definition) is 2. The van der Waals surface area contributed by atoms with Crippen LogP contribution >= 0.6 is 0 Å². The van der Waals surface area contributed by atoms with Crippen molar-refractivity contribution in [3.8, 4) is 23.8 Å². The Kier molecular flexibility index (Phi) is 1.49. The highest BCUT2D eigenvalue weighted by Gasteiger charge is 2.07. The standard InChI is InChI=1S/C10H5O2/c1-2-8-3-4-9-10(7-8)12-6-5-11-9/h1,3-6H. The first kappa shape index (κ1) is 6.81. The van der Waals surface area contributed by atoms with Crippen molar-refractivity contribution in [3.63, 3.8) is 0 Å². The van der Waals surface area contributed by atoms with Gasteiger partial charge < -0.3 is 9.47 Å². The molecule has 1 aliphatic rings. The third-order valence-electron chi connectivity index (χ3n) is 1.47. The van der Waals surface area contributed by atoms with Crippen molar-refractivity contribution in [2.75, 3.05) is 0 Å². The van der Waals surface area contributed by atoms with E-state index >= 15 is 0 Å². The summed E-state index contributed by atoms with van der Waals surface area (Å²) in [5, 5.41) is 0. The Bertz CT molecular complexity index is 372. The fourth-order valence-corrected chi connectivity index (χ4v) is 0.922. The number of fused-ring (bicyclic) bond motifs is 1. The molecule has 0 spiro atoms. The Morgan fingerprint density at radius 2 is 2.08 bits per heavy atom. The average molecular weight is 157 g/mol. The molecule has 1 aliphatic heterocycles. The molecule has 0 aliphatic carbocycles. The lowest BCUT2D eigenvalue weighted by Crippen LogP contribution is -1.96. The molecule has 0 amide bonds. The minimum atomic E-state index is 0.535. The first-order valence-corrected chi connectivity index (χ1v) is 3.41. The first-order valence-electron chi connectivity index (χ1n) is 3.41. The summed E-state index contributed by atoms with van der Waals surface area (Å²) >= 11 is 0. The summed E-state index contributed by atoms with van der Waals surface area (Å²) in [5.74, 6) is 3.63. The number of hydrogen-bond donors (Lipinski definition) is 0. The van der Waals surface area contributed by atoms with Gasteiger partial charge in [0.25, 0.3) is 0 Å². The topological polar surface area (TPSA) is 18.5 Å². The quantitative estimate of drug-likeness (QED) is 0.534.